The van der Waals surface area contributed by atoms with Crippen molar-refractivity contribution in [3.8, 4) is 0 Å². The predicted octanol–water partition coefficient (Wildman–Crippen LogP) is 3.89. The number of para-hydroxylation sites is 2. The molecule has 0 atom stereocenters. The van der Waals surface area contributed by atoms with Gasteiger partial charge in [-0.15, -0.1) is 0 Å². The molecule has 1 N–H and O–H groups in total. The highest BCUT2D eigenvalue weighted by Gasteiger charge is 2.08. The van der Waals surface area contributed by atoms with Crippen molar-refractivity contribution in [3.05, 3.63) is 59.1 Å². The first kappa shape index (κ1) is 14.9. The minimum Gasteiger partial charge on any atom is -0.431 e. The van der Waals surface area contributed by atoms with E-state index in [9.17, 15) is 4.79 Å². The van der Waals surface area contributed by atoms with Crippen molar-refractivity contribution >= 4 is 40.4 Å². The average molecular weight is 333 g/mol. The number of thioether (sulfide) groups is 1. The molecular weight excluding hydrogens is 320 g/mol. The number of nitrogens with one attached hydrogen (secondary N) is 1. The van der Waals surface area contributed by atoms with E-state index in [1.165, 1.54) is 11.8 Å². The molecule has 1 aromatic heterocycles. The van der Waals surface area contributed by atoms with Gasteiger partial charge in [0.1, 0.15) is 5.52 Å². The van der Waals surface area contributed by atoms with Crippen LogP contribution in [-0.4, -0.2) is 16.6 Å². The van der Waals surface area contributed by atoms with Crippen LogP contribution in [-0.2, 0) is 11.3 Å². The Morgan fingerprint density at radius 3 is 2.73 bits per heavy atom. The Morgan fingerprint density at radius 1 is 1.18 bits per heavy atom. The van der Waals surface area contributed by atoms with Crippen LogP contribution in [0.3, 0.4) is 0 Å². The van der Waals surface area contributed by atoms with Crippen LogP contribution in [0.25, 0.3) is 11.1 Å². The van der Waals surface area contributed by atoms with Gasteiger partial charge in [-0.2, -0.15) is 0 Å². The monoisotopic (exact) mass is 332 g/mol. The van der Waals surface area contributed by atoms with Gasteiger partial charge in [-0.1, -0.05) is 47.6 Å². The predicted molar refractivity (Wildman–Crippen MR) is 88.0 cm³/mol. The van der Waals surface area contributed by atoms with Gasteiger partial charge in [0.2, 0.25) is 5.91 Å². The Labute approximate surface area is 136 Å². The Balaban J connectivity index is 1.50. The van der Waals surface area contributed by atoms with Gasteiger partial charge < -0.3 is 9.73 Å². The van der Waals surface area contributed by atoms with Crippen molar-refractivity contribution in [2.45, 2.75) is 11.8 Å². The van der Waals surface area contributed by atoms with E-state index in [4.69, 9.17) is 16.0 Å². The summed E-state index contributed by atoms with van der Waals surface area (Å²) < 4.78 is 5.55. The van der Waals surface area contributed by atoms with Crippen LogP contribution in [0.5, 0.6) is 0 Å². The summed E-state index contributed by atoms with van der Waals surface area (Å²) in [5.41, 5.74) is 2.53. The molecule has 4 nitrogen and oxygen atoms in total. The van der Waals surface area contributed by atoms with Crippen LogP contribution in [0.4, 0.5) is 0 Å². The molecule has 0 radical (unpaired) electrons. The van der Waals surface area contributed by atoms with E-state index in [2.05, 4.69) is 10.3 Å². The maximum Gasteiger partial charge on any atom is 0.257 e. The molecule has 0 unspecified atom stereocenters. The van der Waals surface area contributed by atoms with Crippen molar-refractivity contribution in [3.63, 3.8) is 0 Å². The number of hydrogen-bond donors (Lipinski definition) is 1. The number of amides is 1. The summed E-state index contributed by atoms with van der Waals surface area (Å²) in [7, 11) is 0. The number of oxazole rings is 1. The molecule has 0 aliphatic heterocycles. The Kier molecular flexibility index (Phi) is 4.65. The topological polar surface area (TPSA) is 55.1 Å². The number of rotatable bonds is 5. The first-order valence-corrected chi connectivity index (χ1v) is 8.06. The second-order valence-corrected chi connectivity index (χ2v) is 6.00. The molecule has 0 bridgehead atoms. The average Bonchev–Trinajstić information content (AvgIpc) is 2.95. The van der Waals surface area contributed by atoms with E-state index in [0.717, 1.165) is 16.7 Å². The molecule has 1 heterocycles. The summed E-state index contributed by atoms with van der Waals surface area (Å²) in [6, 6.07) is 14.9. The maximum atomic E-state index is 11.8. The molecule has 2 aromatic carbocycles. The number of carbonyl (C=O) groups is 1. The van der Waals surface area contributed by atoms with Gasteiger partial charge in [0.25, 0.3) is 5.22 Å². The molecule has 3 aromatic rings. The molecule has 6 heteroatoms. The third kappa shape index (κ3) is 3.81. The summed E-state index contributed by atoms with van der Waals surface area (Å²) in [6.45, 7) is 0.476. The van der Waals surface area contributed by atoms with E-state index in [1.54, 1.807) is 12.1 Å². The van der Waals surface area contributed by atoms with Gasteiger partial charge in [0.15, 0.2) is 5.58 Å². The second-order valence-electron chi connectivity index (χ2n) is 4.64. The fourth-order valence-electron chi connectivity index (χ4n) is 1.89. The first-order valence-electron chi connectivity index (χ1n) is 6.70. The highest BCUT2D eigenvalue weighted by atomic mass is 35.5. The number of fused-ring (bicyclic) bond motifs is 1. The van der Waals surface area contributed by atoms with Crippen molar-refractivity contribution in [2.24, 2.45) is 0 Å². The zero-order valence-electron chi connectivity index (χ0n) is 11.6. The molecule has 0 aliphatic carbocycles. The summed E-state index contributed by atoms with van der Waals surface area (Å²) in [4.78, 5) is 16.2. The Bertz CT molecular complexity index is 753. The third-order valence-corrected chi connectivity index (χ3v) is 4.08. The molecule has 3 rings (SSSR count). The summed E-state index contributed by atoms with van der Waals surface area (Å²) in [6.07, 6.45) is 0. The smallest absolute Gasteiger partial charge is 0.257 e. The van der Waals surface area contributed by atoms with Crippen molar-refractivity contribution in [1.82, 2.24) is 10.3 Å². The molecular formula is C16H13ClN2O2S. The number of carbonyl (C=O) groups excluding carboxylic acids is 1. The highest BCUT2D eigenvalue weighted by Crippen LogP contribution is 2.22. The lowest BCUT2D eigenvalue weighted by Gasteiger charge is -2.04. The van der Waals surface area contributed by atoms with Gasteiger partial charge in [-0.3, -0.25) is 4.79 Å². The van der Waals surface area contributed by atoms with Crippen molar-refractivity contribution < 1.29 is 9.21 Å². The standard InChI is InChI=1S/C16H13ClN2O2S/c17-12-7-5-11(6-8-12)9-18-15(20)10-22-16-19-13-3-1-2-4-14(13)21-16/h1-8H,9-10H2,(H,18,20). The van der Waals surface area contributed by atoms with E-state index in [1.807, 2.05) is 36.4 Å². The van der Waals surface area contributed by atoms with Gasteiger partial charge in [-0.25, -0.2) is 4.98 Å². The maximum absolute atomic E-state index is 11.8. The van der Waals surface area contributed by atoms with E-state index in [0.29, 0.717) is 16.8 Å². The van der Waals surface area contributed by atoms with Crippen LogP contribution in [0.1, 0.15) is 5.56 Å². The minimum atomic E-state index is -0.0674. The first-order chi connectivity index (χ1) is 10.7. The van der Waals surface area contributed by atoms with E-state index >= 15 is 0 Å². The normalized spacial score (nSPS) is 10.8. The lowest BCUT2D eigenvalue weighted by molar-refractivity contribution is -0.118. The summed E-state index contributed by atoms with van der Waals surface area (Å²) >= 11 is 7.10. The number of nitrogens with zero attached hydrogens (tertiary/aromatic N) is 1. The lowest BCUT2D eigenvalue weighted by atomic mass is 10.2. The summed E-state index contributed by atoms with van der Waals surface area (Å²) in [5, 5.41) is 4.03. The highest BCUT2D eigenvalue weighted by molar-refractivity contribution is 7.99. The largest absolute Gasteiger partial charge is 0.431 e. The summed E-state index contributed by atoms with van der Waals surface area (Å²) in [5.74, 6) is 0.197. The molecule has 22 heavy (non-hydrogen) atoms. The van der Waals surface area contributed by atoms with Crippen molar-refractivity contribution in [2.75, 3.05) is 5.75 Å². The van der Waals surface area contributed by atoms with Gasteiger partial charge in [-0.05, 0) is 29.8 Å². The fraction of sp³-hybridized carbons (Fsp3) is 0.125. The Morgan fingerprint density at radius 2 is 1.95 bits per heavy atom. The molecule has 0 aliphatic rings. The van der Waals surface area contributed by atoms with Gasteiger partial charge >= 0.3 is 0 Å². The van der Waals surface area contributed by atoms with Crippen LogP contribution in [0, 0.1) is 0 Å². The number of hydrogen-bond acceptors (Lipinski definition) is 4. The minimum absolute atomic E-state index is 0.0674. The van der Waals surface area contributed by atoms with Crippen LogP contribution in [0.2, 0.25) is 5.02 Å². The zero-order valence-corrected chi connectivity index (χ0v) is 13.2. The molecule has 0 spiro atoms. The molecule has 0 saturated carbocycles. The number of halogens is 1. The van der Waals surface area contributed by atoms with Gasteiger partial charge in [0, 0.05) is 11.6 Å². The van der Waals surface area contributed by atoms with Crippen LogP contribution < -0.4 is 5.32 Å². The third-order valence-electron chi connectivity index (χ3n) is 3.00. The molecule has 0 saturated heterocycles. The number of aromatic nitrogens is 1. The van der Waals surface area contributed by atoms with Crippen molar-refractivity contribution in [1.29, 1.82) is 0 Å². The van der Waals surface area contributed by atoms with E-state index < -0.39 is 0 Å². The quantitative estimate of drug-likeness (QED) is 0.720. The van der Waals surface area contributed by atoms with Crippen LogP contribution >= 0.6 is 23.4 Å². The Hall–Kier alpha value is -1.98. The van der Waals surface area contributed by atoms with E-state index in [-0.39, 0.29) is 11.7 Å². The lowest BCUT2D eigenvalue weighted by Crippen LogP contribution is -2.24. The van der Waals surface area contributed by atoms with Crippen LogP contribution in [0.15, 0.2) is 58.2 Å². The zero-order chi connectivity index (χ0) is 15.4. The molecule has 112 valence electrons. The number of benzene rings is 2. The second kappa shape index (κ2) is 6.85. The molecule has 1 amide bonds. The van der Waals surface area contributed by atoms with Gasteiger partial charge in [0.05, 0.1) is 5.75 Å². The molecule has 0 fully saturated rings. The SMILES string of the molecule is O=C(CSc1nc2ccccc2o1)NCc1ccc(Cl)cc1. The fourth-order valence-corrected chi connectivity index (χ4v) is 2.69.